The van der Waals surface area contributed by atoms with Crippen LogP contribution in [0.5, 0.6) is 0 Å². The molecule has 0 radical (unpaired) electrons. The van der Waals surface area contributed by atoms with Crippen LogP contribution in [0.3, 0.4) is 0 Å². The Morgan fingerprint density at radius 1 is 1.09 bits per heavy atom. The summed E-state index contributed by atoms with van der Waals surface area (Å²) in [5, 5.41) is 12.7. The molecule has 32 heavy (non-hydrogen) atoms. The van der Waals surface area contributed by atoms with Crippen molar-refractivity contribution in [2.24, 2.45) is 0 Å². The van der Waals surface area contributed by atoms with Gasteiger partial charge in [0.15, 0.2) is 11.0 Å². The molecule has 168 valence electrons. The Kier molecular flexibility index (Phi) is 7.60. The molecule has 1 saturated heterocycles. The zero-order valence-corrected chi connectivity index (χ0v) is 19.6. The highest BCUT2D eigenvalue weighted by molar-refractivity contribution is 7.99. The van der Waals surface area contributed by atoms with Gasteiger partial charge in [0.05, 0.1) is 11.8 Å². The van der Waals surface area contributed by atoms with E-state index >= 15 is 0 Å². The first-order chi connectivity index (χ1) is 15.7. The highest BCUT2D eigenvalue weighted by Gasteiger charge is 2.24. The summed E-state index contributed by atoms with van der Waals surface area (Å²) in [6, 6.07) is 19.0. The summed E-state index contributed by atoms with van der Waals surface area (Å²) in [6.45, 7) is 7.70. The second-order valence-corrected chi connectivity index (χ2v) is 9.12. The average Bonchev–Trinajstić information content (AvgIpc) is 3.48. The van der Waals surface area contributed by atoms with E-state index in [-0.39, 0.29) is 11.9 Å². The number of benzene rings is 2. The first-order valence-electron chi connectivity index (χ1n) is 11.3. The van der Waals surface area contributed by atoms with Crippen molar-refractivity contribution in [3.05, 3.63) is 65.7 Å². The van der Waals surface area contributed by atoms with Gasteiger partial charge in [-0.3, -0.25) is 9.69 Å². The van der Waals surface area contributed by atoms with Gasteiger partial charge < -0.3 is 9.88 Å². The molecule has 1 unspecified atom stereocenters. The molecule has 1 amide bonds. The van der Waals surface area contributed by atoms with E-state index in [0.29, 0.717) is 12.3 Å². The van der Waals surface area contributed by atoms with E-state index in [2.05, 4.69) is 75.2 Å². The van der Waals surface area contributed by atoms with Crippen molar-refractivity contribution < 1.29 is 4.79 Å². The predicted octanol–water partition coefficient (Wildman–Crippen LogP) is 4.32. The third kappa shape index (κ3) is 5.40. The SMILES string of the molecule is CCn1c(SCC(=O)NCC(c2ccccc2)N2CCCC2)nnc1-c1cccc(C)c1. The number of aryl methyl sites for hydroxylation is 1. The van der Waals surface area contributed by atoms with E-state index in [9.17, 15) is 4.79 Å². The number of nitrogens with one attached hydrogen (secondary N) is 1. The number of carbonyl (C=O) groups excluding carboxylic acids is 1. The topological polar surface area (TPSA) is 63.1 Å². The molecule has 6 nitrogen and oxygen atoms in total. The van der Waals surface area contributed by atoms with Crippen molar-refractivity contribution in [3.63, 3.8) is 0 Å². The molecule has 2 heterocycles. The molecule has 1 N–H and O–H groups in total. The standard InChI is InChI=1S/C25H31N5OS/c1-3-30-24(21-13-9-10-19(2)16-21)27-28-25(30)32-18-23(31)26-17-22(29-14-7-8-15-29)20-11-5-4-6-12-20/h4-6,9-13,16,22H,3,7-8,14-15,17-18H2,1-2H3,(H,26,31). The fourth-order valence-corrected chi connectivity index (χ4v) is 5.09. The van der Waals surface area contributed by atoms with Crippen molar-refractivity contribution in [2.75, 3.05) is 25.4 Å². The second kappa shape index (κ2) is 10.8. The Labute approximate surface area is 194 Å². The Morgan fingerprint density at radius 3 is 2.59 bits per heavy atom. The van der Waals surface area contributed by atoms with Gasteiger partial charge in [-0.25, -0.2) is 0 Å². The van der Waals surface area contributed by atoms with Gasteiger partial charge in [0, 0.05) is 18.7 Å². The van der Waals surface area contributed by atoms with Crippen molar-refractivity contribution >= 4 is 17.7 Å². The fraction of sp³-hybridized carbons (Fsp3) is 0.400. The largest absolute Gasteiger partial charge is 0.353 e. The van der Waals surface area contributed by atoms with Gasteiger partial charge in [0.25, 0.3) is 0 Å². The van der Waals surface area contributed by atoms with Crippen LogP contribution in [0.15, 0.2) is 59.8 Å². The van der Waals surface area contributed by atoms with Crippen LogP contribution >= 0.6 is 11.8 Å². The zero-order chi connectivity index (χ0) is 22.3. The summed E-state index contributed by atoms with van der Waals surface area (Å²) in [5.74, 6) is 1.20. The summed E-state index contributed by atoms with van der Waals surface area (Å²) in [5.41, 5.74) is 3.50. The number of likely N-dealkylation sites (tertiary alicyclic amines) is 1. The summed E-state index contributed by atoms with van der Waals surface area (Å²) in [6.07, 6.45) is 2.45. The van der Waals surface area contributed by atoms with Crippen molar-refractivity contribution in [1.29, 1.82) is 0 Å². The van der Waals surface area contributed by atoms with E-state index < -0.39 is 0 Å². The fourth-order valence-electron chi connectivity index (χ4n) is 4.26. The number of amides is 1. The third-order valence-electron chi connectivity index (χ3n) is 5.90. The molecule has 0 bridgehead atoms. The van der Waals surface area contributed by atoms with Crippen molar-refractivity contribution in [2.45, 2.75) is 44.4 Å². The Bertz CT molecular complexity index is 1030. The quantitative estimate of drug-likeness (QED) is 0.493. The normalized spacial score (nSPS) is 15.1. The van der Waals surface area contributed by atoms with Gasteiger partial charge in [-0.1, -0.05) is 65.9 Å². The monoisotopic (exact) mass is 449 g/mol. The van der Waals surface area contributed by atoms with E-state index in [4.69, 9.17) is 0 Å². The highest BCUT2D eigenvalue weighted by atomic mass is 32.2. The number of rotatable bonds is 9. The zero-order valence-electron chi connectivity index (χ0n) is 18.8. The van der Waals surface area contributed by atoms with Gasteiger partial charge in [-0.05, 0) is 51.4 Å². The van der Waals surface area contributed by atoms with Gasteiger partial charge in [-0.2, -0.15) is 0 Å². The summed E-state index contributed by atoms with van der Waals surface area (Å²) < 4.78 is 2.07. The molecule has 2 aromatic carbocycles. The minimum atomic E-state index is 0.0258. The number of hydrogen-bond acceptors (Lipinski definition) is 5. The van der Waals surface area contributed by atoms with Gasteiger partial charge in [0.2, 0.25) is 5.91 Å². The predicted molar refractivity (Wildman–Crippen MR) is 130 cm³/mol. The molecule has 1 atom stereocenters. The maximum atomic E-state index is 12.7. The summed E-state index contributed by atoms with van der Waals surface area (Å²) in [4.78, 5) is 15.2. The van der Waals surface area contributed by atoms with E-state index in [1.807, 2.05) is 18.2 Å². The molecule has 3 aromatic rings. The number of hydrogen-bond donors (Lipinski definition) is 1. The Hall–Kier alpha value is -2.64. The molecule has 0 saturated carbocycles. The highest BCUT2D eigenvalue weighted by Crippen LogP contribution is 2.26. The van der Waals surface area contributed by atoms with E-state index in [1.54, 1.807) is 0 Å². The van der Waals surface area contributed by atoms with Gasteiger partial charge in [-0.15, -0.1) is 10.2 Å². The second-order valence-electron chi connectivity index (χ2n) is 8.18. The van der Waals surface area contributed by atoms with Crippen LogP contribution in [0, 0.1) is 6.92 Å². The van der Waals surface area contributed by atoms with Crippen molar-refractivity contribution in [3.8, 4) is 11.4 Å². The van der Waals surface area contributed by atoms with Crippen molar-refractivity contribution in [1.82, 2.24) is 25.0 Å². The molecular formula is C25H31N5OS. The smallest absolute Gasteiger partial charge is 0.230 e. The maximum Gasteiger partial charge on any atom is 0.230 e. The lowest BCUT2D eigenvalue weighted by Crippen LogP contribution is -2.37. The molecule has 1 aliphatic rings. The van der Waals surface area contributed by atoms with Crippen LogP contribution in [0.25, 0.3) is 11.4 Å². The van der Waals surface area contributed by atoms with Crippen LogP contribution in [0.1, 0.15) is 36.9 Å². The Morgan fingerprint density at radius 2 is 1.88 bits per heavy atom. The molecule has 1 aromatic heterocycles. The molecule has 1 fully saturated rings. The molecule has 1 aliphatic heterocycles. The van der Waals surface area contributed by atoms with Crippen LogP contribution in [0.4, 0.5) is 0 Å². The number of aromatic nitrogens is 3. The summed E-state index contributed by atoms with van der Waals surface area (Å²) >= 11 is 1.44. The number of carbonyl (C=O) groups is 1. The Balaban J connectivity index is 1.37. The molecule has 7 heteroatoms. The first-order valence-corrected chi connectivity index (χ1v) is 12.3. The van der Waals surface area contributed by atoms with Crippen LogP contribution in [0.2, 0.25) is 0 Å². The van der Waals surface area contributed by atoms with Crippen LogP contribution in [-0.4, -0.2) is 51.0 Å². The minimum Gasteiger partial charge on any atom is -0.353 e. The number of thioether (sulfide) groups is 1. The summed E-state index contributed by atoms with van der Waals surface area (Å²) in [7, 11) is 0. The first kappa shape index (κ1) is 22.6. The van der Waals surface area contributed by atoms with Crippen LogP contribution in [-0.2, 0) is 11.3 Å². The maximum absolute atomic E-state index is 12.7. The lowest BCUT2D eigenvalue weighted by atomic mass is 10.1. The molecule has 0 spiro atoms. The van der Waals surface area contributed by atoms with E-state index in [1.165, 1.54) is 35.7 Å². The van der Waals surface area contributed by atoms with Crippen LogP contribution < -0.4 is 5.32 Å². The van der Waals surface area contributed by atoms with Gasteiger partial charge >= 0.3 is 0 Å². The molecular weight excluding hydrogens is 418 g/mol. The molecule has 0 aliphatic carbocycles. The number of nitrogens with zero attached hydrogens (tertiary/aromatic N) is 4. The van der Waals surface area contributed by atoms with Gasteiger partial charge in [0.1, 0.15) is 0 Å². The lowest BCUT2D eigenvalue weighted by molar-refractivity contribution is -0.118. The third-order valence-corrected chi connectivity index (χ3v) is 6.87. The lowest BCUT2D eigenvalue weighted by Gasteiger charge is -2.28. The average molecular weight is 450 g/mol. The minimum absolute atomic E-state index is 0.0258. The molecule has 4 rings (SSSR count). The van der Waals surface area contributed by atoms with E-state index in [0.717, 1.165) is 36.2 Å².